The van der Waals surface area contributed by atoms with Gasteiger partial charge in [-0.25, -0.2) is 4.79 Å². The first-order chi connectivity index (χ1) is 15.5. The molecule has 8 heteroatoms. The van der Waals surface area contributed by atoms with E-state index in [1.54, 1.807) is 53.4 Å². The molecule has 0 spiro atoms. The van der Waals surface area contributed by atoms with Crippen molar-refractivity contribution >= 4 is 23.6 Å². The Kier molecular flexibility index (Phi) is 6.03. The lowest BCUT2D eigenvalue weighted by Gasteiger charge is -2.14. The lowest BCUT2D eigenvalue weighted by Crippen LogP contribution is -2.24. The van der Waals surface area contributed by atoms with E-state index < -0.39 is 5.91 Å². The van der Waals surface area contributed by atoms with Gasteiger partial charge in [0.1, 0.15) is 18.1 Å². The topological polar surface area (TPSA) is 111 Å². The molecule has 32 heavy (non-hydrogen) atoms. The van der Waals surface area contributed by atoms with Crippen LogP contribution in [0.5, 0.6) is 11.5 Å². The van der Waals surface area contributed by atoms with Crippen LogP contribution >= 0.6 is 0 Å². The van der Waals surface area contributed by atoms with Gasteiger partial charge in [0.05, 0.1) is 6.54 Å². The highest BCUT2D eigenvalue weighted by molar-refractivity contribution is 5.94. The summed E-state index contributed by atoms with van der Waals surface area (Å²) in [6, 6.07) is 20.6. The van der Waals surface area contributed by atoms with E-state index in [2.05, 4.69) is 5.32 Å². The summed E-state index contributed by atoms with van der Waals surface area (Å²) < 4.78 is 10.7. The minimum atomic E-state index is -0.503. The van der Waals surface area contributed by atoms with Crippen molar-refractivity contribution in [1.29, 1.82) is 0 Å². The molecule has 1 aliphatic heterocycles. The van der Waals surface area contributed by atoms with Crippen molar-refractivity contribution in [1.82, 2.24) is 5.32 Å². The highest BCUT2D eigenvalue weighted by Crippen LogP contribution is 2.23. The number of carbonyl (C=O) groups is 3. The van der Waals surface area contributed by atoms with Crippen LogP contribution in [-0.2, 0) is 11.3 Å². The fraction of sp³-hybridized carbons (Fsp3) is 0.125. The zero-order valence-corrected chi connectivity index (χ0v) is 17.1. The molecule has 1 heterocycles. The van der Waals surface area contributed by atoms with Crippen molar-refractivity contribution in [2.45, 2.75) is 6.54 Å². The monoisotopic (exact) mass is 431 g/mol. The number of nitrogens with one attached hydrogen (secondary N) is 1. The largest absolute Gasteiger partial charge is 0.457 e. The van der Waals surface area contributed by atoms with Gasteiger partial charge in [0.25, 0.3) is 5.91 Å². The Morgan fingerprint density at radius 2 is 1.62 bits per heavy atom. The first-order valence-corrected chi connectivity index (χ1v) is 9.99. The van der Waals surface area contributed by atoms with Crippen molar-refractivity contribution < 1.29 is 23.9 Å². The van der Waals surface area contributed by atoms with Gasteiger partial charge in [-0.2, -0.15) is 0 Å². The molecule has 0 aromatic heterocycles. The van der Waals surface area contributed by atoms with E-state index in [9.17, 15) is 14.4 Å². The summed E-state index contributed by atoms with van der Waals surface area (Å²) in [5.41, 5.74) is 7.72. The van der Waals surface area contributed by atoms with Crippen molar-refractivity contribution in [3.8, 4) is 11.5 Å². The lowest BCUT2D eigenvalue weighted by atomic mass is 10.1. The third-order valence-electron chi connectivity index (χ3n) is 4.93. The van der Waals surface area contributed by atoms with Crippen LogP contribution in [-0.4, -0.2) is 31.1 Å². The molecule has 1 aliphatic rings. The van der Waals surface area contributed by atoms with Gasteiger partial charge in [-0.05, 0) is 66.2 Å². The van der Waals surface area contributed by atoms with Crippen LogP contribution in [0.25, 0.3) is 0 Å². The summed E-state index contributed by atoms with van der Waals surface area (Å²) in [6.07, 6.45) is -0.364. The van der Waals surface area contributed by atoms with Crippen LogP contribution in [0, 0.1) is 0 Å². The molecular weight excluding hydrogens is 410 g/mol. The molecule has 0 aliphatic carbocycles. The predicted octanol–water partition coefficient (Wildman–Crippen LogP) is 3.46. The minimum absolute atomic E-state index is 0.228. The van der Waals surface area contributed by atoms with E-state index in [0.29, 0.717) is 42.3 Å². The Hall–Kier alpha value is -4.33. The van der Waals surface area contributed by atoms with Gasteiger partial charge in [-0.15, -0.1) is 0 Å². The predicted molar refractivity (Wildman–Crippen MR) is 118 cm³/mol. The summed E-state index contributed by atoms with van der Waals surface area (Å²) in [6.45, 7) is 1.20. The number of ether oxygens (including phenoxy) is 2. The highest BCUT2D eigenvalue weighted by Gasteiger charge is 2.23. The van der Waals surface area contributed by atoms with Crippen LogP contribution < -0.4 is 20.7 Å². The molecule has 8 nitrogen and oxygen atoms in total. The van der Waals surface area contributed by atoms with Crippen molar-refractivity contribution in [3.63, 3.8) is 0 Å². The number of rotatable bonds is 7. The molecule has 1 saturated heterocycles. The van der Waals surface area contributed by atoms with Gasteiger partial charge in [-0.3, -0.25) is 14.5 Å². The van der Waals surface area contributed by atoms with Gasteiger partial charge in [0, 0.05) is 23.4 Å². The number of benzene rings is 3. The van der Waals surface area contributed by atoms with Gasteiger partial charge in [-0.1, -0.05) is 12.1 Å². The Labute approximate surface area is 184 Å². The average Bonchev–Trinajstić information content (AvgIpc) is 3.24. The normalized spacial score (nSPS) is 12.9. The van der Waals surface area contributed by atoms with Crippen LogP contribution in [0.4, 0.5) is 10.5 Å². The molecule has 3 N–H and O–H groups in total. The maximum Gasteiger partial charge on any atom is 0.414 e. The molecule has 1 fully saturated rings. The maximum absolute atomic E-state index is 12.5. The standard InChI is InChI=1S/C24H21N3O5/c25-22(28)17-4-8-20(9-5-17)32-21-10-6-18(7-11-21)23(29)26-15-16-2-1-3-19(14-16)27-12-13-31-24(27)30/h1-11,14H,12-13,15H2,(H2,25,28)(H,26,29). The highest BCUT2D eigenvalue weighted by atomic mass is 16.6. The van der Waals surface area contributed by atoms with Crippen LogP contribution in [0.2, 0.25) is 0 Å². The number of nitrogens with two attached hydrogens (primary N) is 1. The third kappa shape index (κ3) is 4.86. The second-order valence-corrected chi connectivity index (χ2v) is 7.13. The summed E-state index contributed by atoms with van der Waals surface area (Å²) in [5, 5.41) is 2.87. The maximum atomic E-state index is 12.5. The smallest absolute Gasteiger partial charge is 0.414 e. The molecular formula is C24H21N3O5. The molecule has 3 amide bonds. The Balaban J connectivity index is 1.34. The molecule has 0 saturated carbocycles. The quantitative estimate of drug-likeness (QED) is 0.595. The van der Waals surface area contributed by atoms with Crippen LogP contribution in [0.3, 0.4) is 0 Å². The van der Waals surface area contributed by atoms with Crippen molar-refractivity contribution in [2.24, 2.45) is 5.73 Å². The first-order valence-electron chi connectivity index (χ1n) is 9.99. The molecule has 0 unspecified atom stereocenters. The zero-order valence-electron chi connectivity index (χ0n) is 17.1. The van der Waals surface area contributed by atoms with E-state index in [-0.39, 0.29) is 12.0 Å². The number of carbonyl (C=O) groups excluding carboxylic acids is 3. The zero-order chi connectivity index (χ0) is 22.5. The van der Waals surface area contributed by atoms with Crippen molar-refractivity contribution in [3.05, 3.63) is 89.5 Å². The molecule has 3 aromatic rings. The van der Waals surface area contributed by atoms with Gasteiger partial charge < -0.3 is 20.5 Å². The number of primary amides is 1. The number of cyclic esters (lactones) is 1. The van der Waals surface area contributed by atoms with E-state index >= 15 is 0 Å². The minimum Gasteiger partial charge on any atom is -0.457 e. The molecule has 4 rings (SSSR count). The fourth-order valence-electron chi connectivity index (χ4n) is 3.24. The SMILES string of the molecule is NC(=O)c1ccc(Oc2ccc(C(=O)NCc3cccc(N4CCOC4=O)c3)cc2)cc1. The van der Waals surface area contributed by atoms with Crippen molar-refractivity contribution in [2.75, 3.05) is 18.1 Å². The van der Waals surface area contributed by atoms with E-state index in [1.165, 1.54) is 0 Å². The molecule has 0 atom stereocenters. The molecule has 0 radical (unpaired) electrons. The Morgan fingerprint density at radius 3 is 2.22 bits per heavy atom. The summed E-state index contributed by atoms with van der Waals surface area (Å²) in [5.74, 6) is 0.373. The van der Waals surface area contributed by atoms with Gasteiger partial charge >= 0.3 is 6.09 Å². The van der Waals surface area contributed by atoms with Crippen LogP contribution in [0.15, 0.2) is 72.8 Å². The first kappa shape index (κ1) is 20.9. The Bertz CT molecular complexity index is 1140. The third-order valence-corrected chi connectivity index (χ3v) is 4.93. The lowest BCUT2D eigenvalue weighted by molar-refractivity contribution is 0.0949. The van der Waals surface area contributed by atoms with Gasteiger partial charge in [0.15, 0.2) is 0 Å². The second kappa shape index (κ2) is 9.22. The summed E-state index contributed by atoms with van der Waals surface area (Å²) >= 11 is 0. The molecule has 0 bridgehead atoms. The molecule has 3 aromatic carbocycles. The number of nitrogens with zero attached hydrogens (tertiary/aromatic N) is 1. The number of amides is 3. The number of anilines is 1. The number of hydrogen-bond donors (Lipinski definition) is 2. The van der Waals surface area contributed by atoms with Crippen LogP contribution in [0.1, 0.15) is 26.3 Å². The van der Waals surface area contributed by atoms with Gasteiger partial charge in [0.2, 0.25) is 5.91 Å². The number of hydrogen-bond acceptors (Lipinski definition) is 5. The second-order valence-electron chi connectivity index (χ2n) is 7.13. The van der Waals surface area contributed by atoms with E-state index in [1.807, 2.05) is 24.3 Å². The van der Waals surface area contributed by atoms with E-state index in [0.717, 1.165) is 11.3 Å². The fourth-order valence-corrected chi connectivity index (χ4v) is 3.24. The summed E-state index contributed by atoms with van der Waals surface area (Å²) in [4.78, 5) is 36.9. The molecule has 162 valence electrons. The summed E-state index contributed by atoms with van der Waals surface area (Å²) in [7, 11) is 0. The Morgan fingerprint density at radius 1 is 0.969 bits per heavy atom. The van der Waals surface area contributed by atoms with E-state index in [4.69, 9.17) is 15.2 Å². The average molecular weight is 431 g/mol.